The van der Waals surface area contributed by atoms with Gasteiger partial charge in [0.2, 0.25) is 0 Å². The lowest BCUT2D eigenvalue weighted by atomic mass is 10.1. The van der Waals surface area contributed by atoms with Gasteiger partial charge >= 0.3 is 5.97 Å². The van der Waals surface area contributed by atoms with Gasteiger partial charge in [-0.15, -0.1) is 0 Å². The van der Waals surface area contributed by atoms with Crippen LogP contribution in [0.25, 0.3) is 0 Å². The van der Waals surface area contributed by atoms with Gasteiger partial charge in [0.05, 0.1) is 15.6 Å². The predicted molar refractivity (Wildman–Crippen MR) is 72.7 cm³/mol. The minimum atomic E-state index is -0.833. The Labute approximate surface area is 120 Å². The highest BCUT2D eigenvalue weighted by Gasteiger charge is 2.29. The lowest BCUT2D eigenvalue weighted by Gasteiger charge is -2.17. The van der Waals surface area contributed by atoms with Gasteiger partial charge in [-0.3, -0.25) is 9.59 Å². The molecule has 1 N–H and O–H groups in total. The summed E-state index contributed by atoms with van der Waals surface area (Å²) in [5.41, 5.74) is 0.366. The van der Waals surface area contributed by atoms with Crippen molar-refractivity contribution >= 4 is 35.1 Å². The molecule has 6 heteroatoms. The van der Waals surface area contributed by atoms with Crippen LogP contribution >= 0.6 is 23.2 Å². The van der Waals surface area contributed by atoms with Gasteiger partial charge < -0.3 is 10.0 Å². The molecule has 1 fully saturated rings. The Hall–Kier alpha value is -1.26. The molecule has 1 aliphatic heterocycles. The Morgan fingerprint density at radius 3 is 2.79 bits per heavy atom. The molecule has 1 heterocycles. The van der Waals surface area contributed by atoms with E-state index in [-0.39, 0.29) is 23.3 Å². The Kier molecular flexibility index (Phi) is 4.32. The Morgan fingerprint density at radius 2 is 2.11 bits per heavy atom. The second-order valence-electron chi connectivity index (χ2n) is 4.61. The molecule has 0 saturated carbocycles. The van der Waals surface area contributed by atoms with Gasteiger partial charge in [-0.1, -0.05) is 29.3 Å². The third-order valence-electron chi connectivity index (χ3n) is 3.22. The normalized spacial score (nSPS) is 18.6. The number of benzene rings is 1. The number of rotatable bonds is 3. The quantitative estimate of drug-likeness (QED) is 0.934. The van der Waals surface area contributed by atoms with Gasteiger partial charge in [0.1, 0.15) is 0 Å². The molecule has 1 aliphatic rings. The molecule has 1 saturated heterocycles. The lowest BCUT2D eigenvalue weighted by Crippen LogP contribution is -2.29. The molecule has 0 spiro atoms. The average molecular weight is 302 g/mol. The zero-order valence-electron chi connectivity index (χ0n) is 10.1. The van der Waals surface area contributed by atoms with E-state index in [1.807, 2.05) is 0 Å². The van der Waals surface area contributed by atoms with Crippen LogP contribution in [0.2, 0.25) is 10.0 Å². The number of carbonyl (C=O) groups excluding carboxylic acids is 1. The number of hydrogen-bond acceptors (Lipinski definition) is 2. The Bertz CT molecular complexity index is 519. The number of carbonyl (C=O) groups is 2. The number of amides is 1. The summed E-state index contributed by atoms with van der Waals surface area (Å²) in [4.78, 5) is 24.6. The van der Waals surface area contributed by atoms with Crippen molar-refractivity contribution in [2.75, 3.05) is 13.1 Å². The number of carboxylic acids is 1. The summed E-state index contributed by atoms with van der Waals surface area (Å²) >= 11 is 11.9. The summed E-state index contributed by atoms with van der Waals surface area (Å²) in [5.74, 6) is -1.01. The minimum Gasteiger partial charge on any atom is -0.481 e. The van der Waals surface area contributed by atoms with Crippen molar-refractivity contribution in [2.24, 2.45) is 5.92 Å². The number of hydrogen-bond donors (Lipinski definition) is 1. The standard InChI is InChI=1S/C13H13Cl2NO3/c14-10-3-1-2-9(12(10)15)13(19)16-5-4-8(7-16)6-11(17)18/h1-3,8H,4-7H2,(H,17,18). The van der Waals surface area contributed by atoms with Crippen molar-refractivity contribution in [3.8, 4) is 0 Å². The second kappa shape index (κ2) is 5.80. The van der Waals surface area contributed by atoms with Crippen molar-refractivity contribution in [1.29, 1.82) is 0 Å². The van der Waals surface area contributed by atoms with Gasteiger partial charge in [0.25, 0.3) is 5.91 Å². The average Bonchev–Trinajstić information content (AvgIpc) is 2.79. The molecule has 0 aliphatic carbocycles. The van der Waals surface area contributed by atoms with E-state index in [2.05, 4.69) is 0 Å². The number of halogens is 2. The van der Waals surface area contributed by atoms with Crippen molar-refractivity contribution in [3.05, 3.63) is 33.8 Å². The lowest BCUT2D eigenvalue weighted by molar-refractivity contribution is -0.138. The molecule has 1 unspecified atom stereocenters. The van der Waals surface area contributed by atoms with Crippen LogP contribution < -0.4 is 0 Å². The number of likely N-dealkylation sites (tertiary alicyclic amines) is 1. The summed E-state index contributed by atoms with van der Waals surface area (Å²) in [6.07, 6.45) is 0.795. The molecule has 19 heavy (non-hydrogen) atoms. The topological polar surface area (TPSA) is 57.6 Å². The fraction of sp³-hybridized carbons (Fsp3) is 0.385. The number of carboxylic acid groups (broad SMARTS) is 1. The Balaban J connectivity index is 2.09. The van der Waals surface area contributed by atoms with Crippen LogP contribution in [0, 0.1) is 5.92 Å². The highest BCUT2D eigenvalue weighted by Crippen LogP contribution is 2.28. The van der Waals surface area contributed by atoms with Crippen LogP contribution in [-0.2, 0) is 4.79 Å². The van der Waals surface area contributed by atoms with Crippen LogP contribution in [0.3, 0.4) is 0 Å². The molecule has 1 amide bonds. The summed E-state index contributed by atoms with van der Waals surface area (Å²) in [7, 11) is 0. The van der Waals surface area contributed by atoms with Gasteiger partial charge in [0, 0.05) is 19.5 Å². The van der Waals surface area contributed by atoms with E-state index in [0.29, 0.717) is 30.1 Å². The van der Waals surface area contributed by atoms with E-state index < -0.39 is 5.97 Å². The first-order valence-electron chi connectivity index (χ1n) is 5.94. The highest BCUT2D eigenvalue weighted by atomic mass is 35.5. The van der Waals surface area contributed by atoms with Crippen LogP contribution in [0.1, 0.15) is 23.2 Å². The number of aliphatic carboxylic acids is 1. The van der Waals surface area contributed by atoms with Crippen LogP contribution in [-0.4, -0.2) is 35.0 Å². The monoisotopic (exact) mass is 301 g/mol. The molecular weight excluding hydrogens is 289 g/mol. The molecule has 102 valence electrons. The van der Waals surface area contributed by atoms with E-state index in [9.17, 15) is 9.59 Å². The second-order valence-corrected chi connectivity index (χ2v) is 5.39. The van der Waals surface area contributed by atoms with Gasteiger partial charge in [-0.2, -0.15) is 0 Å². The first-order chi connectivity index (χ1) is 8.99. The molecule has 1 aromatic carbocycles. The SMILES string of the molecule is O=C(O)CC1CCN(C(=O)c2cccc(Cl)c2Cl)C1. The van der Waals surface area contributed by atoms with Crippen molar-refractivity contribution in [3.63, 3.8) is 0 Å². The summed E-state index contributed by atoms with van der Waals surface area (Å²) in [6, 6.07) is 4.92. The Morgan fingerprint density at radius 1 is 1.37 bits per heavy atom. The zero-order valence-corrected chi connectivity index (χ0v) is 11.6. The summed E-state index contributed by atoms with van der Waals surface area (Å²) < 4.78 is 0. The van der Waals surface area contributed by atoms with E-state index >= 15 is 0 Å². The van der Waals surface area contributed by atoms with Crippen molar-refractivity contribution < 1.29 is 14.7 Å². The zero-order chi connectivity index (χ0) is 14.0. The maximum atomic E-state index is 12.3. The molecular formula is C13H13Cl2NO3. The maximum absolute atomic E-state index is 12.3. The molecule has 4 nitrogen and oxygen atoms in total. The first kappa shape index (κ1) is 14.2. The van der Waals surface area contributed by atoms with E-state index in [4.69, 9.17) is 28.3 Å². The summed E-state index contributed by atoms with van der Waals surface area (Å²) in [6.45, 7) is 1.01. The maximum Gasteiger partial charge on any atom is 0.303 e. The van der Waals surface area contributed by atoms with Gasteiger partial charge in [-0.25, -0.2) is 0 Å². The van der Waals surface area contributed by atoms with Crippen molar-refractivity contribution in [1.82, 2.24) is 4.90 Å². The molecule has 1 aromatic rings. The van der Waals surface area contributed by atoms with Crippen molar-refractivity contribution in [2.45, 2.75) is 12.8 Å². The molecule has 0 radical (unpaired) electrons. The van der Waals surface area contributed by atoms with Crippen LogP contribution in [0.15, 0.2) is 18.2 Å². The fourth-order valence-electron chi connectivity index (χ4n) is 2.27. The van der Waals surface area contributed by atoms with Crippen LogP contribution in [0.4, 0.5) is 0 Å². The molecule has 2 rings (SSSR count). The van der Waals surface area contributed by atoms with Gasteiger partial charge in [-0.05, 0) is 24.5 Å². The third-order valence-corrected chi connectivity index (χ3v) is 4.04. The van der Waals surface area contributed by atoms with E-state index in [0.717, 1.165) is 0 Å². The predicted octanol–water partition coefficient (Wildman–Crippen LogP) is 2.93. The van der Waals surface area contributed by atoms with Gasteiger partial charge in [0.15, 0.2) is 0 Å². The molecule has 0 bridgehead atoms. The first-order valence-corrected chi connectivity index (χ1v) is 6.69. The smallest absolute Gasteiger partial charge is 0.303 e. The highest BCUT2D eigenvalue weighted by molar-refractivity contribution is 6.43. The van der Waals surface area contributed by atoms with E-state index in [1.54, 1.807) is 23.1 Å². The molecule has 1 atom stereocenters. The fourth-order valence-corrected chi connectivity index (χ4v) is 2.65. The number of nitrogens with zero attached hydrogens (tertiary/aromatic N) is 1. The van der Waals surface area contributed by atoms with E-state index in [1.165, 1.54) is 0 Å². The summed E-state index contributed by atoms with van der Waals surface area (Å²) in [5, 5.41) is 9.34. The largest absolute Gasteiger partial charge is 0.481 e. The third kappa shape index (κ3) is 3.19. The molecule has 0 aromatic heterocycles. The minimum absolute atomic E-state index is 0.0133. The van der Waals surface area contributed by atoms with Crippen LogP contribution in [0.5, 0.6) is 0 Å².